The average Bonchev–Trinajstić information content (AvgIpc) is 2.60. The molecule has 3 rings (SSSR count). The van der Waals surface area contributed by atoms with Gasteiger partial charge in [-0.25, -0.2) is 4.39 Å². The normalized spacial score (nSPS) is 22.0. The number of hydrogen-bond acceptors (Lipinski definition) is 5. The molecule has 1 aromatic rings. The fourth-order valence-corrected chi connectivity index (χ4v) is 3.61. The van der Waals surface area contributed by atoms with Crippen LogP contribution in [0.15, 0.2) is 17.1 Å². The van der Waals surface area contributed by atoms with Gasteiger partial charge in [-0.1, -0.05) is 0 Å². The molecule has 150 valence electrons. The van der Waals surface area contributed by atoms with Crippen molar-refractivity contribution in [2.75, 3.05) is 19.6 Å². The molecular weight excluding hydrogens is 364 g/mol. The molecule has 0 spiro atoms. The highest BCUT2D eigenvalue weighted by atomic mass is 19.4. The van der Waals surface area contributed by atoms with Crippen LogP contribution in [0.25, 0.3) is 0 Å². The summed E-state index contributed by atoms with van der Waals surface area (Å²) in [6, 6.07) is 1.60. The van der Waals surface area contributed by atoms with Crippen molar-refractivity contribution in [3.63, 3.8) is 0 Å². The number of guanidine groups is 1. The predicted molar refractivity (Wildman–Crippen MR) is 94.3 cm³/mol. The third-order valence-corrected chi connectivity index (χ3v) is 5.05. The first-order chi connectivity index (χ1) is 12.7. The maximum atomic E-state index is 13.6. The zero-order valence-electron chi connectivity index (χ0n) is 15.1. The van der Waals surface area contributed by atoms with E-state index < -0.39 is 29.2 Å². The Morgan fingerprint density at radius 2 is 2.15 bits per heavy atom. The number of fused-ring (bicyclic) bond motifs is 1. The number of rotatable bonds is 4. The van der Waals surface area contributed by atoms with E-state index in [4.69, 9.17) is 10.5 Å². The third kappa shape index (κ3) is 4.28. The lowest BCUT2D eigenvalue weighted by Gasteiger charge is -2.42. The van der Waals surface area contributed by atoms with Crippen molar-refractivity contribution in [3.05, 3.63) is 29.1 Å². The highest BCUT2D eigenvalue weighted by molar-refractivity contribution is 5.81. The summed E-state index contributed by atoms with van der Waals surface area (Å²) < 4.78 is 59.6. The Balaban J connectivity index is 1.91. The quantitative estimate of drug-likeness (QED) is 0.694. The number of nitrogens with zero attached hydrogens (tertiary/aromatic N) is 1. The van der Waals surface area contributed by atoms with Crippen LogP contribution >= 0.6 is 0 Å². The molecule has 4 N–H and O–H groups in total. The van der Waals surface area contributed by atoms with Crippen molar-refractivity contribution in [2.24, 2.45) is 10.7 Å². The molecule has 2 heterocycles. The van der Waals surface area contributed by atoms with Gasteiger partial charge in [0.2, 0.25) is 0 Å². The third-order valence-electron chi connectivity index (χ3n) is 5.05. The zero-order valence-corrected chi connectivity index (χ0v) is 15.1. The van der Waals surface area contributed by atoms with Crippen LogP contribution in [0.5, 0.6) is 5.75 Å². The number of nitrogens with one attached hydrogen (secondary N) is 2. The van der Waals surface area contributed by atoms with Crippen LogP contribution in [-0.2, 0) is 12.6 Å². The number of benzene rings is 1. The smallest absolute Gasteiger partial charge is 0.420 e. The van der Waals surface area contributed by atoms with Gasteiger partial charge >= 0.3 is 6.18 Å². The first kappa shape index (κ1) is 19.7. The van der Waals surface area contributed by atoms with Gasteiger partial charge in [-0.05, 0) is 56.8 Å². The van der Waals surface area contributed by atoms with E-state index >= 15 is 0 Å². The van der Waals surface area contributed by atoms with Crippen molar-refractivity contribution in [1.29, 1.82) is 0 Å². The second-order valence-corrected chi connectivity index (χ2v) is 7.18. The van der Waals surface area contributed by atoms with Crippen molar-refractivity contribution >= 4 is 5.96 Å². The Morgan fingerprint density at radius 1 is 1.37 bits per heavy atom. The molecule has 0 saturated heterocycles. The van der Waals surface area contributed by atoms with Crippen molar-refractivity contribution in [1.82, 2.24) is 10.6 Å². The molecule has 2 aliphatic rings. The predicted octanol–water partition coefficient (Wildman–Crippen LogP) is 2.58. The number of ether oxygens (including phenoxy) is 1. The molecule has 0 radical (unpaired) electrons. The molecule has 27 heavy (non-hydrogen) atoms. The summed E-state index contributed by atoms with van der Waals surface area (Å²) in [5.41, 5.74) is 4.20. The van der Waals surface area contributed by atoms with Gasteiger partial charge in [0.15, 0.2) is 5.96 Å². The van der Waals surface area contributed by atoms with E-state index in [-0.39, 0.29) is 11.3 Å². The molecule has 0 fully saturated rings. The second-order valence-electron chi connectivity index (χ2n) is 7.18. The molecule has 0 aliphatic carbocycles. The number of aryl methyl sites for hydroxylation is 1. The Hall–Kier alpha value is -2.03. The van der Waals surface area contributed by atoms with Crippen LogP contribution in [0.1, 0.15) is 37.3 Å². The molecule has 0 amide bonds. The number of aliphatic imine (C=N–C) groups is 1. The van der Waals surface area contributed by atoms with Crippen LogP contribution in [0.2, 0.25) is 0 Å². The monoisotopic (exact) mass is 388 g/mol. The summed E-state index contributed by atoms with van der Waals surface area (Å²) >= 11 is 0. The Morgan fingerprint density at radius 3 is 2.78 bits per heavy atom. The van der Waals surface area contributed by atoms with Crippen LogP contribution in [0, 0.1) is 5.82 Å². The molecule has 2 aliphatic heterocycles. The molecule has 5 nitrogen and oxygen atoms in total. The van der Waals surface area contributed by atoms with E-state index in [1.54, 1.807) is 0 Å². The molecule has 9 heteroatoms. The van der Waals surface area contributed by atoms with Crippen LogP contribution in [0.3, 0.4) is 0 Å². The first-order valence-corrected chi connectivity index (χ1v) is 9.06. The lowest BCUT2D eigenvalue weighted by atomic mass is 9.84. The zero-order chi connectivity index (χ0) is 19.7. The highest BCUT2D eigenvalue weighted by Gasteiger charge is 2.43. The fraction of sp³-hybridized carbons (Fsp3) is 0.611. The van der Waals surface area contributed by atoms with Crippen molar-refractivity contribution in [3.8, 4) is 5.75 Å². The molecule has 1 aromatic carbocycles. The van der Waals surface area contributed by atoms with Gasteiger partial charge in [-0.15, -0.1) is 0 Å². The molecule has 2 unspecified atom stereocenters. The Kier molecular flexibility index (Phi) is 5.50. The molecule has 0 bridgehead atoms. The summed E-state index contributed by atoms with van der Waals surface area (Å²) in [5.74, 6) is -0.600. The summed E-state index contributed by atoms with van der Waals surface area (Å²) in [7, 11) is 0. The largest absolute Gasteiger partial charge is 0.487 e. The van der Waals surface area contributed by atoms with Gasteiger partial charge in [-0.2, -0.15) is 13.2 Å². The van der Waals surface area contributed by atoms with E-state index in [0.29, 0.717) is 44.4 Å². The summed E-state index contributed by atoms with van der Waals surface area (Å²) in [4.78, 5) is 4.37. The van der Waals surface area contributed by atoms with Gasteiger partial charge in [0, 0.05) is 13.1 Å². The lowest BCUT2D eigenvalue weighted by Crippen LogP contribution is -2.61. The average molecular weight is 388 g/mol. The van der Waals surface area contributed by atoms with Gasteiger partial charge in [-0.3, -0.25) is 4.99 Å². The van der Waals surface area contributed by atoms with E-state index in [2.05, 4.69) is 15.6 Å². The molecule has 0 aromatic heterocycles. The Bertz CT molecular complexity index is 722. The number of halogens is 4. The van der Waals surface area contributed by atoms with E-state index in [1.807, 2.05) is 6.92 Å². The maximum absolute atomic E-state index is 13.6. The maximum Gasteiger partial charge on any atom is 0.420 e. The Labute approximate surface area is 155 Å². The van der Waals surface area contributed by atoms with Gasteiger partial charge in [0.05, 0.1) is 5.54 Å². The number of nitrogens with two attached hydrogens (primary N) is 1. The van der Waals surface area contributed by atoms with Gasteiger partial charge in [0.25, 0.3) is 0 Å². The lowest BCUT2D eigenvalue weighted by molar-refractivity contribution is -0.140. The second kappa shape index (κ2) is 7.53. The topological polar surface area (TPSA) is 71.7 Å². The molecular formula is C18H24F4N4O. The molecule has 0 saturated carbocycles. The first-order valence-electron chi connectivity index (χ1n) is 9.06. The minimum atomic E-state index is -4.69. The van der Waals surface area contributed by atoms with E-state index in [1.165, 1.54) is 0 Å². The summed E-state index contributed by atoms with van der Waals surface area (Å²) in [5, 5.41) is 6.43. The van der Waals surface area contributed by atoms with Crippen LogP contribution in [-0.4, -0.2) is 37.2 Å². The van der Waals surface area contributed by atoms with Crippen molar-refractivity contribution in [2.45, 2.75) is 50.4 Å². The SMILES string of the molecule is CC(CCN)(NC1=NCCCN1)C1CCc2cc(F)cc(C(F)(F)F)c2O1. The van der Waals surface area contributed by atoms with Crippen LogP contribution in [0.4, 0.5) is 17.6 Å². The van der Waals surface area contributed by atoms with Crippen LogP contribution < -0.4 is 21.1 Å². The molecule has 2 atom stereocenters. The minimum absolute atomic E-state index is 0.238. The van der Waals surface area contributed by atoms with Gasteiger partial charge < -0.3 is 21.1 Å². The van der Waals surface area contributed by atoms with E-state index in [9.17, 15) is 17.6 Å². The van der Waals surface area contributed by atoms with Gasteiger partial charge in [0.1, 0.15) is 23.2 Å². The fourth-order valence-electron chi connectivity index (χ4n) is 3.61. The number of hydrogen-bond donors (Lipinski definition) is 3. The highest BCUT2D eigenvalue weighted by Crippen LogP contribution is 2.43. The minimum Gasteiger partial charge on any atom is -0.487 e. The van der Waals surface area contributed by atoms with Crippen molar-refractivity contribution < 1.29 is 22.3 Å². The number of alkyl halides is 3. The summed E-state index contributed by atoms with van der Waals surface area (Å²) in [6.45, 7) is 3.65. The standard InChI is InChI=1S/C18H24F4N4O/c1-17(5-6-23,26-16-24-7-2-8-25-16)14-4-3-11-9-12(19)10-13(15(11)27-14)18(20,21)22/h9-10,14H,2-8,23H2,1H3,(H2,24,25,26). The summed E-state index contributed by atoms with van der Waals surface area (Å²) in [6.07, 6.45) is -3.11. The van der Waals surface area contributed by atoms with E-state index in [0.717, 1.165) is 19.0 Å².